The number of thiocarbonyl (C=S) groups is 1. The highest BCUT2D eigenvalue weighted by atomic mass is 32.1. The minimum absolute atomic E-state index is 0.000000000000000222. The first-order chi connectivity index (χ1) is 2.73. The van der Waals surface area contributed by atoms with Crippen LogP contribution in [-0.4, -0.2) is 5.11 Å². The molecule has 0 spiro atoms. The SMILES string of the molecule is C#C.NC(N)=S. The third-order valence-electron chi connectivity index (χ3n) is 0. The zero-order chi connectivity index (χ0) is 5.58. The Morgan fingerprint density at radius 3 is 1.33 bits per heavy atom. The molecule has 4 N–H and O–H groups in total. The van der Waals surface area contributed by atoms with Gasteiger partial charge in [-0.25, -0.2) is 0 Å². The second-order valence-corrected chi connectivity index (χ2v) is 0.874. The summed E-state index contributed by atoms with van der Waals surface area (Å²) in [6.45, 7) is 0. The molecule has 0 saturated carbocycles. The van der Waals surface area contributed by atoms with Gasteiger partial charge in [-0.2, -0.15) is 0 Å². The van der Waals surface area contributed by atoms with E-state index < -0.39 is 0 Å². The van der Waals surface area contributed by atoms with Gasteiger partial charge in [0.2, 0.25) is 0 Å². The summed E-state index contributed by atoms with van der Waals surface area (Å²) in [7, 11) is 0. The third-order valence-corrected chi connectivity index (χ3v) is 0. The molecule has 3 heteroatoms. The fourth-order valence-corrected chi connectivity index (χ4v) is 0. The van der Waals surface area contributed by atoms with Crippen LogP contribution in [0.5, 0.6) is 0 Å². The first-order valence-electron chi connectivity index (χ1n) is 1.11. The quantitative estimate of drug-likeness (QED) is 0.318. The van der Waals surface area contributed by atoms with Crippen LogP contribution >= 0.6 is 12.2 Å². The van der Waals surface area contributed by atoms with Gasteiger partial charge in [-0.05, 0) is 12.2 Å². The number of terminal acetylenes is 1. The molecule has 0 aromatic heterocycles. The van der Waals surface area contributed by atoms with Crippen molar-refractivity contribution in [1.82, 2.24) is 0 Å². The van der Waals surface area contributed by atoms with Crippen LogP contribution in [0.15, 0.2) is 0 Å². The molecule has 0 rings (SSSR count). The molecule has 0 amide bonds. The summed E-state index contributed by atoms with van der Waals surface area (Å²) in [6, 6.07) is 0. The summed E-state index contributed by atoms with van der Waals surface area (Å²) in [5.41, 5.74) is 9.24. The molecule has 0 saturated heterocycles. The Morgan fingerprint density at radius 2 is 1.33 bits per heavy atom. The van der Waals surface area contributed by atoms with Gasteiger partial charge in [-0.3, -0.25) is 0 Å². The van der Waals surface area contributed by atoms with Crippen LogP contribution in [0.2, 0.25) is 0 Å². The van der Waals surface area contributed by atoms with Crippen molar-refractivity contribution in [2.24, 2.45) is 11.5 Å². The zero-order valence-electron chi connectivity index (χ0n) is 3.22. The van der Waals surface area contributed by atoms with E-state index >= 15 is 0 Å². The lowest BCUT2D eigenvalue weighted by Crippen LogP contribution is -2.18. The van der Waals surface area contributed by atoms with Crippen molar-refractivity contribution in [2.45, 2.75) is 0 Å². The van der Waals surface area contributed by atoms with Crippen LogP contribution in [0.3, 0.4) is 0 Å². The second-order valence-electron chi connectivity index (χ2n) is 0.402. The summed E-state index contributed by atoms with van der Waals surface area (Å²) in [4.78, 5) is 0. The average molecular weight is 102 g/mol. The Morgan fingerprint density at radius 1 is 1.33 bits per heavy atom. The van der Waals surface area contributed by atoms with Crippen LogP contribution in [0.1, 0.15) is 0 Å². The lowest BCUT2D eigenvalue weighted by molar-refractivity contribution is 1.65. The maximum absolute atomic E-state index is 4.62. The Kier molecular flexibility index (Phi) is 13.3. The highest BCUT2D eigenvalue weighted by Gasteiger charge is 1.53. The number of rotatable bonds is 0. The first-order valence-corrected chi connectivity index (χ1v) is 1.52. The number of nitrogens with two attached hydrogens (primary N) is 2. The lowest BCUT2D eigenvalue weighted by atomic mass is 11.3. The Balaban J connectivity index is 0. The third kappa shape index (κ3) is 29.2. The van der Waals surface area contributed by atoms with E-state index in [4.69, 9.17) is 0 Å². The van der Waals surface area contributed by atoms with Crippen molar-refractivity contribution in [2.75, 3.05) is 0 Å². The number of hydrogen-bond acceptors (Lipinski definition) is 1. The summed E-state index contributed by atoms with van der Waals surface area (Å²) in [5.74, 6) is 0. The molecule has 0 aliphatic heterocycles. The molecule has 6 heavy (non-hydrogen) atoms. The molecule has 0 fully saturated rings. The van der Waals surface area contributed by atoms with E-state index in [9.17, 15) is 0 Å². The van der Waals surface area contributed by atoms with Gasteiger partial charge >= 0.3 is 0 Å². The van der Waals surface area contributed by atoms with Gasteiger partial charge in [0.1, 0.15) is 0 Å². The summed E-state index contributed by atoms with van der Waals surface area (Å²) in [6.07, 6.45) is 8.00. The van der Waals surface area contributed by atoms with Gasteiger partial charge in [0.05, 0.1) is 0 Å². The highest BCUT2D eigenvalue weighted by Crippen LogP contribution is 1.32. The fourth-order valence-electron chi connectivity index (χ4n) is 0. The Bertz CT molecular complexity index is 53.1. The second kappa shape index (κ2) is 8.87. The lowest BCUT2D eigenvalue weighted by Gasteiger charge is -1.68. The molecule has 34 valence electrons. The van der Waals surface area contributed by atoms with Crippen molar-refractivity contribution in [3.63, 3.8) is 0 Å². The van der Waals surface area contributed by atoms with Gasteiger partial charge in [0, 0.05) is 0 Å². The molecule has 2 nitrogen and oxygen atoms in total. The minimum Gasteiger partial charge on any atom is -0.377 e. The van der Waals surface area contributed by atoms with E-state index in [0.717, 1.165) is 0 Å². The maximum atomic E-state index is 4.62. The summed E-state index contributed by atoms with van der Waals surface area (Å²) < 4.78 is 0. The highest BCUT2D eigenvalue weighted by molar-refractivity contribution is 7.80. The van der Waals surface area contributed by atoms with Gasteiger partial charge < -0.3 is 11.5 Å². The molecular weight excluding hydrogens is 96.1 g/mol. The van der Waals surface area contributed by atoms with Crippen LogP contribution in [0, 0.1) is 12.8 Å². The molecule has 0 aromatic carbocycles. The van der Waals surface area contributed by atoms with Crippen molar-refractivity contribution in [3.05, 3.63) is 0 Å². The van der Waals surface area contributed by atoms with Crippen molar-refractivity contribution in [1.29, 1.82) is 0 Å². The molecule has 0 heterocycles. The van der Waals surface area contributed by atoms with Crippen LogP contribution in [0.4, 0.5) is 0 Å². The topological polar surface area (TPSA) is 52.0 Å². The predicted molar refractivity (Wildman–Crippen MR) is 30.9 cm³/mol. The molecular formula is C3H6N2S. The largest absolute Gasteiger partial charge is 0.377 e. The molecule has 0 aliphatic carbocycles. The smallest absolute Gasteiger partial charge is 0.160 e. The van der Waals surface area contributed by atoms with Gasteiger partial charge in [0.25, 0.3) is 0 Å². The minimum atomic E-state index is 0.000000000000000222. The molecule has 0 aromatic rings. The Hall–Kier alpha value is -0.750. The Labute approximate surface area is 42.5 Å². The maximum Gasteiger partial charge on any atom is 0.160 e. The van der Waals surface area contributed by atoms with Crippen LogP contribution < -0.4 is 11.5 Å². The standard InChI is InChI=1S/C2H2.CH4N2S/c1-2;2-1(3)4/h1-2H;(H4,2,3,4). The molecule has 0 radical (unpaired) electrons. The first kappa shape index (κ1) is 8.98. The number of hydrogen-bond donors (Lipinski definition) is 2. The predicted octanol–water partition coefficient (Wildman–Crippen LogP) is -0.562. The van der Waals surface area contributed by atoms with E-state index in [1.165, 1.54) is 0 Å². The van der Waals surface area contributed by atoms with Crippen LogP contribution in [0.25, 0.3) is 0 Å². The van der Waals surface area contributed by atoms with Crippen molar-refractivity contribution < 1.29 is 0 Å². The van der Waals surface area contributed by atoms with Gasteiger partial charge in [-0.1, -0.05) is 0 Å². The van der Waals surface area contributed by atoms with E-state index in [1.807, 2.05) is 0 Å². The normalized spacial score (nSPS) is 4.33. The van der Waals surface area contributed by atoms with Gasteiger partial charge in [-0.15, -0.1) is 12.8 Å². The fraction of sp³-hybridized carbons (Fsp3) is 0. The summed E-state index contributed by atoms with van der Waals surface area (Å²) in [5, 5.41) is 0.000000000000000222. The summed E-state index contributed by atoms with van der Waals surface area (Å²) >= 11 is 4.09. The van der Waals surface area contributed by atoms with Gasteiger partial charge in [0.15, 0.2) is 5.11 Å². The molecule has 0 bridgehead atoms. The van der Waals surface area contributed by atoms with Crippen molar-refractivity contribution in [3.8, 4) is 12.8 Å². The van der Waals surface area contributed by atoms with E-state index in [0.29, 0.717) is 0 Å². The van der Waals surface area contributed by atoms with Crippen molar-refractivity contribution >= 4 is 17.3 Å². The average Bonchev–Trinajstić information content (AvgIpc) is 1.41. The van der Waals surface area contributed by atoms with E-state index in [1.54, 1.807) is 0 Å². The molecule has 0 aliphatic rings. The van der Waals surface area contributed by atoms with Crippen LogP contribution in [-0.2, 0) is 0 Å². The zero-order valence-corrected chi connectivity index (χ0v) is 4.03. The molecule has 0 unspecified atom stereocenters. The van der Waals surface area contributed by atoms with E-state index in [-0.39, 0.29) is 5.11 Å². The van der Waals surface area contributed by atoms with E-state index in [2.05, 4.69) is 36.5 Å². The molecule has 0 atom stereocenters. The monoisotopic (exact) mass is 102 g/mol.